The van der Waals surface area contributed by atoms with Gasteiger partial charge in [-0.3, -0.25) is 14.4 Å². The normalized spacial score (nSPS) is 13.5. The Hall–Kier alpha value is -3.15. The second-order valence-electron chi connectivity index (χ2n) is 6.78. The van der Waals surface area contributed by atoms with Gasteiger partial charge in [-0.25, -0.2) is 0 Å². The molecule has 0 bridgehead atoms. The molecule has 0 spiro atoms. The highest BCUT2D eigenvalue weighted by Crippen LogP contribution is 2.22. The quantitative estimate of drug-likeness (QED) is 0.804. The molecule has 0 aromatic heterocycles. The topological polar surface area (TPSA) is 69.7 Å². The third kappa shape index (κ3) is 4.76. The van der Waals surface area contributed by atoms with Crippen LogP contribution >= 0.6 is 0 Å². The fourth-order valence-electron chi connectivity index (χ4n) is 3.29. The second-order valence-corrected chi connectivity index (χ2v) is 6.78. The van der Waals surface area contributed by atoms with Crippen molar-refractivity contribution in [2.75, 3.05) is 24.5 Å². The summed E-state index contributed by atoms with van der Waals surface area (Å²) in [5, 5.41) is 2.69. The third-order valence-electron chi connectivity index (χ3n) is 4.84. The summed E-state index contributed by atoms with van der Waals surface area (Å²) >= 11 is 0. The molecule has 146 valence electrons. The SMILES string of the molecule is CCN(Cc1ccccc1)C(=O)CNC(=O)c1cccc(N2CCCC2=O)c1. The summed E-state index contributed by atoms with van der Waals surface area (Å²) in [7, 11) is 0. The number of carbonyl (C=O) groups is 3. The van der Waals surface area contributed by atoms with Gasteiger partial charge in [0, 0.05) is 37.3 Å². The molecule has 3 amide bonds. The number of hydrogen-bond donors (Lipinski definition) is 1. The van der Waals surface area contributed by atoms with E-state index in [1.54, 1.807) is 28.0 Å². The van der Waals surface area contributed by atoms with E-state index in [-0.39, 0.29) is 24.3 Å². The fourth-order valence-corrected chi connectivity index (χ4v) is 3.29. The number of anilines is 1. The van der Waals surface area contributed by atoms with Crippen molar-refractivity contribution in [3.8, 4) is 0 Å². The van der Waals surface area contributed by atoms with Crippen molar-refractivity contribution in [2.24, 2.45) is 0 Å². The van der Waals surface area contributed by atoms with Crippen molar-refractivity contribution >= 4 is 23.4 Å². The lowest BCUT2D eigenvalue weighted by molar-refractivity contribution is -0.130. The van der Waals surface area contributed by atoms with E-state index in [2.05, 4.69) is 5.32 Å². The van der Waals surface area contributed by atoms with Gasteiger partial charge in [0.15, 0.2) is 0 Å². The molecule has 0 saturated carbocycles. The van der Waals surface area contributed by atoms with E-state index in [9.17, 15) is 14.4 Å². The van der Waals surface area contributed by atoms with Crippen LogP contribution in [0.25, 0.3) is 0 Å². The maximum Gasteiger partial charge on any atom is 0.251 e. The average molecular weight is 379 g/mol. The van der Waals surface area contributed by atoms with Gasteiger partial charge >= 0.3 is 0 Å². The van der Waals surface area contributed by atoms with Crippen LogP contribution in [0, 0.1) is 0 Å². The van der Waals surface area contributed by atoms with Crippen molar-refractivity contribution in [2.45, 2.75) is 26.3 Å². The molecule has 0 unspecified atom stereocenters. The second kappa shape index (κ2) is 9.17. The Kier molecular flexibility index (Phi) is 6.42. The van der Waals surface area contributed by atoms with Crippen molar-refractivity contribution in [1.82, 2.24) is 10.2 Å². The first-order chi connectivity index (χ1) is 13.6. The lowest BCUT2D eigenvalue weighted by Crippen LogP contribution is -2.39. The van der Waals surface area contributed by atoms with Crippen molar-refractivity contribution in [3.05, 3.63) is 65.7 Å². The van der Waals surface area contributed by atoms with Crippen LogP contribution < -0.4 is 10.2 Å². The molecule has 1 saturated heterocycles. The molecule has 1 aliphatic rings. The summed E-state index contributed by atoms with van der Waals surface area (Å²) in [5.74, 6) is -0.379. The first kappa shape index (κ1) is 19.6. The van der Waals surface area contributed by atoms with Crippen molar-refractivity contribution in [3.63, 3.8) is 0 Å². The molecule has 6 nitrogen and oxygen atoms in total. The third-order valence-corrected chi connectivity index (χ3v) is 4.84. The number of nitrogens with one attached hydrogen (secondary N) is 1. The highest BCUT2D eigenvalue weighted by Gasteiger charge is 2.22. The first-order valence-electron chi connectivity index (χ1n) is 9.59. The highest BCUT2D eigenvalue weighted by molar-refractivity contribution is 6.00. The molecule has 2 aromatic rings. The van der Waals surface area contributed by atoms with E-state index < -0.39 is 0 Å². The Morgan fingerprint density at radius 3 is 2.57 bits per heavy atom. The van der Waals surface area contributed by atoms with Crippen LogP contribution in [0.2, 0.25) is 0 Å². The van der Waals surface area contributed by atoms with Crippen LogP contribution in [0.1, 0.15) is 35.7 Å². The smallest absolute Gasteiger partial charge is 0.251 e. The Morgan fingerprint density at radius 2 is 1.89 bits per heavy atom. The zero-order chi connectivity index (χ0) is 19.9. The average Bonchev–Trinajstić information content (AvgIpc) is 3.16. The molecule has 0 atom stereocenters. The maximum absolute atomic E-state index is 12.5. The van der Waals surface area contributed by atoms with Crippen LogP contribution in [0.3, 0.4) is 0 Å². The van der Waals surface area contributed by atoms with Gasteiger partial charge in [-0.05, 0) is 37.1 Å². The zero-order valence-corrected chi connectivity index (χ0v) is 16.1. The summed E-state index contributed by atoms with van der Waals surface area (Å²) < 4.78 is 0. The molecular formula is C22H25N3O3. The van der Waals surface area contributed by atoms with E-state index in [1.807, 2.05) is 43.3 Å². The van der Waals surface area contributed by atoms with Crippen molar-refractivity contribution in [1.29, 1.82) is 0 Å². The Bertz CT molecular complexity index is 851. The predicted molar refractivity (Wildman–Crippen MR) is 108 cm³/mol. The number of benzene rings is 2. The molecule has 1 aliphatic heterocycles. The molecule has 0 aliphatic carbocycles. The Morgan fingerprint density at radius 1 is 1.11 bits per heavy atom. The van der Waals surface area contributed by atoms with Gasteiger partial charge in [-0.2, -0.15) is 0 Å². The standard InChI is InChI=1S/C22H25N3O3/c1-2-24(16-17-8-4-3-5-9-17)21(27)15-23-22(28)18-10-6-11-19(14-18)25-13-7-12-20(25)26/h3-6,8-11,14H,2,7,12-13,15-16H2,1H3,(H,23,28). The number of amides is 3. The largest absolute Gasteiger partial charge is 0.343 e. The van der Waals surface area contributed by atoms with Crippen LogP contribution in [-0.4, -0.2) is 42.3 Å². The number of hydrogen-bond acceptors (Lipinski definition) is 3. The van der Waals surface area contributed by atoms with E-state index in [0.717, 1.165) is 17.7 Å². The van der Waals surface area contributed by atoms with E-state index in [1.165, 1.54) is 0 Å². The minimum absolute atomic E-state index is 0.0631. The summed E-state index contributed by atoms with van der Waals surface area (Å²) in [6.07, 6.45) is 1.37. The number of carbonyl (C=O) groups excluding carboxylic acids is 3. The molecule has 2 aromatic carbocycles. The van der Waals surface area contributed by atoms with Gasteiger partial charge < -0.3 is 15.1 Å². The molecule has 3 rings (SSSR count). The van der Waals surface area contributed by atoms with E-state index in [4.69, 9.17) is 0 Å². The molecular weight excluding hydrogens is 354 g/mol. The van der Waals surface area contributed by atoms with E-state index in [0.29, 0.717) is 31.6 Å². The first-order valence-corrected chi connectivity index (χ1v) is 9.59. The lowest BCUT2D eigenvalue weighted by Gasteiger charge is -2.21. The van der Waals surface area contributed by atoms with Crippen LogP contribution in [-0.2, 0) is 16.1 Å². The van der Waals surface area contributed by atoms with Gasteiger partial charge in [0.25, 0.3) is 5.91 Å². The van der Waals surface area contributed by atoms with Gasteiger partial charge in [0.2, 0.25) is 11.8 Å². The molecule has 1 fully saturated rings. The molecule has 1 N–H and O–H groups in total. The lowest BCUT2D eigenvalue weighted by atomic mass is 10.1. The van der Waals surface area contributed by atoms with Crippen LogP contribution in [0.15, 0.2) is 54.6 Å². The summed E-state index contributed by atoms with van der Waals surface area (Å²) in [6, 6.07) is 16.7. The van der Waals surface area contributed by atoms with Gasteiger partial charge in [-0.15, -0.1) is 0 Å². The van der Waals surface area contributed by atoms with Gasteiger partial charge in [0.05, 0.1) is 6.54 Å². The number of likely N-dealkylation sites (N-methyl/N-ethyl adjacent to an activating group) is 1. The fraction of sp³-hybridized carbons (Fsp3) is 0.318. The van der Waals surface area contributed by atoms with Crippen LogP contribution in [0.5, 0.6) is 0 Å². The van der Waals surface area contributed by atoms with Gasteiger partial charge in [0.1, 0.15) is 0 Å². The summed E-state index contributed by atoms with van der Waals surface area (Å²) in [6.45, 7) is 3.60. The Balaban J connectivity index is 1.58. The highest BCUT2D eigenvalue weighted by atomic mass is 16.2. The zero-order valence-electron chi connectivity index (χ0n) is 16.1. The molecule has 0 radical (unpaired) electrons. The minimum atomic E-state index is -0.322. The number of nitrogens with zero attached hydrogens (tertiary/aromatic N) is 2. The summed E-state index contributed by atoms with van der Waals surface area (Å²) in [5.41, 5.74) is 2.21. The monoisotopic (exact) mass is 379 g/mol. The molecule has 28 heavy (non-hydrogen) atoms. The molecule has 6 heteroatoms. The molecule has 1 heterocycles. The van der Waals surface area contributed by atoms with Crippen LogP contribution in [0.4, 0.5) is 5.69 Å². The predicted octanol–water partition coefficient (Wildman–Crippen LogP) is 2.59. The van der Waals surface area contributed by atoms with Crippen molar-refractivity contribution < 1.29 is 14.4 Å². The Labute approximate surface area is 165 Å². The van der Waals surface area contributed by atoms with E-state index >= 15 is 0 Å². The summed E-state index contributed by atoms with van der Waals surface area (Å²) in [4.78, 5) is 40.3. The number of rotatable bonds is 7. The van der Waals surface area contributed by atoms with Gasteiger partial charge in [-0.1, -0.05) is 36.4 Å². The maximum atomic E-state index is 12.5. The minimum Gasteiger partial charge on any atom is -0.343 e.